The Morgan fingerprint density at radius 2 is 2.05 bits per heavy atom. The minimum absolute atomic E-state index is 0.0977. The summed E-state index contributed by atoms with van der Waals surface area (Å²) in [4.78, 5) is 25.5. The number of carbonyl (C=O) groups excluding carboxylic acids is 1. The fourth-order valence-electron chi connectivity index (χ4n) is 2.73. The third-order valence-electron chi connectivity index (χ3n) is 3.84. The van der Waals surface area contributed by atoms with Crippen LogP contribution in [-0.4, -0.2) is 42.1 Å². The second-order valence-corrected chi connectivity index (χ2v) is 5.59. The summed E-state index contributed by atoms with van der Waals surface area (Å²) < 4.78 is 4.98. The van der Waals surface area contributed by atoms with Gasteiger partial charge in [0.15, 0.2) is 0 Å². The van der Waals surface area contributed by atoms with E-state index >= 15 is 0 Å². The van der Waals surface area contributed by atoms with Gasteiger partial charge in [0.2, 0.25) is 5.91 Å². The molecule has 0 aromatic heterocycles. The van der Waals surface area contributed by atoms with Gasteiger partial charge in [-0.15, -0.1) is 0 Å². The molecule has 0 radical (unpaired) electrons. The highest BCUT2D eigenvalue weighted by molar-refractivity contribution is 6.30. The summed E-state index contributed by atoms with van der Waals surface area (Å²) in [5.74, 6) is -1.56. The average molecular weight is 324 g/mol. The van der Waals surface area contributed by atoms with Gasteiger partial charge in [-0.05, 0) is 24.6 Å². The molecule has 118 valence electrons. The summed E-state index contributed by atoms with van der Waals surface area (Å²) in [5.41, 5.74) is 1.50. The van der Waals surface area contributed by atoms with Gasteiger partial charge in [-0.1, -0.05) is 23.7 Å². The molecule has 1 N–H and O–H groups in total. The highest BCUT2D eigenvalue weighted by Gasteiger charge is 2.35. The molecule has 0 aliphatic carbocycles. The van der Waals surface area contributed by atoms with Crippen LogP contribution < -0.4 is 0 Å². The molecule has 5 nitrogen and oxygen atoms in total. The Balaban J connectivity index is 2.42. The van der Waals surface area contributed by atoms with E-state index in [-0.39, 0.29) is 17.9 Å². The first-order valence-corrected chi connectivity index (χ1v) is 7.32. The summed E-state index contributed by atoms with van der Waals surface area (Å²) in [6, 6.07) is 6.93. The topological polar surface area (TPSA) is 66.8 Å². The lowest BCUT2D eigenvalue weighted by atomic mass is 9.84. The lowest BCUT2D eigenvalue weighted by Crippen LogP contribution is -2.39. The number of hydrogen-bond donors (Lipinski definition) is 1. The number of ether oxygens (including phenoxy) is 1. The summed E-state index contributed by atoms with van der Waals surface area (Å²) in [5, 5.41) is 10.1. The number of halogens is 1. The van der Waals surface area contributed by atoms with Crippen molar-refractivity contribution >= 4 is 23.5 Å². The number of methoxy groups -OCH3 is 1. The summed E-state index contributed by atoms with van der Waals surface area (Å²) in [6.07, 6.45) is 0.129. The number of hydrogen-bond acceptors (Lipinski definition) is 3. The fourth-order valence-corrected chi connectivity index (χ4v) is 2.86. The van der Waals surface area contributed by atoms with E-state index in [4.69, 9.17) is 16.3 Å². The second kappa shape index (κ2) is 6.94. The molecule has 1 heterocycles. The van der Waals surface area contributed by atoms with Crippen LogP contribution in [0.15, 0.2) is 35.5 Å². The fraction of sp³-hybridized carbons (Fsp3) is 0.375. The van der Waals surface area contributed by atoms with Crippen molar-refractivity contribution in [1.29, 1.82) is 0 Å². The lowest BCUT2D eigenvalue weighted by Gasteiger charge is -2.33. The highest BCUT2D eigenvalue weighted by Crippen LogP contribution is 2.36. The van der Waals surface area contributed by atoms with Crippen LogP contribution in [0.1, 0.15) is 24.8 Å². The Hall–Kier alpha value is -1.85. The molecule has 1 aromatic carbocycles. The zero-order chi connectivity index (χ0) is 16.3. The van der Waals surface area contributed by atoms with Crippen molar-refractivity contribution in [1.82, 2.24) is 4.90 Å². The smallest absolute Gasteiger partial charge is 0.333 e. The monoisotopic (exact) mass is 323 g/mol. The number of carboxylic acid groups (broad SMARTS) is 1. The maximum Gasteiger partial charge on any atom is 0.333 e. The van der Waals surface area contributed by atoms with Gasteiger partial charge in [-0.2, -0.15) is 0 Å². The van der Waals surface area contributed by atoms with Crippen LogP contribution in [0.3, 0.4) is 0 Å². The molecule has 1 atom stereocenters. The number of benzene rings is 1. The number of rotatable bonds is 5. The first-order valence-electron chi connectivity index (χ1n) is 6.94. The second-order valence-electron chi connectivity index (χ2n) is 5.15. The van der Waals surface area contributed by atoms with Gasteiger partial charge >= 0.3 is 5.97 Å². The molecule has 0 spiro atoms. The Bertz CT molecular complexity index is 609. The van der Waals surface area contributed by atoms with Crippen molar-refractivity contribution in [3.63, 3.8) is 0 Å². The lowest BCUT2D eigenvalue weighted by molar-refractivity contribution is -0.135. The van der Waals surface area contributed by atoms with Crippen LogP contribution >= 0.6 is 11.6 Å². The third kappa shape index (κ3) is 3.31. The molecule has 1 amide bonds. The van der Waals surface area contributed by atoms with E-state index in [1.165, 1.54) is 4.90 Å². The number of allylic oxidation sites excluding steroid dienone is 1. The highest BCUT2D eigenvalue weighted by atomic mass is 35.5. The predicted molar refractivity (Wildman–Crippen MR) is 82.7 cm³/mol. The number of amides is 1. The summed E-state index contributed by atoms with van der Waals surface area (Å²) >= 11 is 5.87. The molecule has 2 rings (SSSR count). The third-order valence-corrected chi connectivity index (χ3v) is 4.10. The molecule has 22 heavy (non-hydrogen) atoms. The van der Waals surface area contributed by atoms with E-state index in [0.717, 1.165) is 5.56 Å². The molecule has 1 unspecified atom stereocenters. The van der Waals surface area contributed by atoms with Crippen molar-refractivity contribution in [2.75, 3.05) is 20.3 Å². The molecule has 1 aliphatic heterocycles. The van der Waals surface area contributed by atoms with Gasteiger partial charge in [0.1, 0.15) is 0 Å². The number of aliphatic carboxylic acids is 1. The normalized spacial score (nSPS) is 18.8. The first kappa shape index (κ1) is 16.5. The van der Waals surface area contributed by atoms with E-state index in [1.54, 1.807) is 38.3 Å². The maximum atomic E-state index is 12.3. The first-order chi connectivity index (χ1) is 10.5. The van der Waals surface area contributed by atoms with Gasteiger partial charge in [0, 0.05) is 36.7 Å². The number of carbonyl (C=O) groups is 2. The van der Waals surface area contributed by atoms with Gasteiger partial charge in [-0.25, -0.2) is 4.79 Å². The van der Waals surface area contributed by atoms with Crippen LogP contribution in [-0.2, 0) is 14.3 Å². The average Bonchev–Trinajstić information content (AvgIpc) is 2.46. The zero-order valence-corrected chi connectivity index (χ0v) is 13.3. The van der Waals surface area contributed by atoms with E-state index in [1.807, 2.05) is 0 Å². The van der Waals surface area contributed by atoms with Gasteiger partial charge < -0.3 is 14.7 Å². The Kier molecular flexibility index (Phi) is 5.21. The van der Waals surface area contributed by atoms with Crippen molar-refractivity contribution < 1.29 is 19.4 Å². The van der Waals surface area contributed by atoms with E-state index < -0.39 is 11.9 Å². The quantitative estimate of drug-likeness (QED) is 0.904. The van der Waals surface area contributed by atoms with Crippen LogP contribution in [0.2, 0.25) is 5.02 Å². The predicted octanol–water partition coefficient (Wildman–Crippen LogP) is 2.66. The largest absolute Gasteiger partial charge is 0.478 e. The van der Waals surface area contributed by atoms with E-state index in [9.17, 15) is 14.7 Å². The molecule has 1 aromatic rings. The molecule has 0 saturated carbocycles. The molecule has 6 heteroatoms. The van der Waals surface area contributed by atoms with Crippen molar-refractivity contribution in [2.24, 2.45) is 0 Å². The molecule has 1 aliphatic rings. The standard InChI is InChI=1S/C16H18ClNO4/c1-10-15(16(20)21)13(11-3-5-12(17)6-4-11)9-14(19)18(10)7-8-22-2/h3-6,13H,7-9H2,1-2H3,(H,20,21). The summed E-state index contributed by atoms with van der Waals surface area (Å²) in [6.45, 7) is 2.38. The van der Waals surface area contributed by atoms with E-state index in [0.29, 0.717) is 23.9 Å². The Morgan fingerprint density at radius 3 is 2.59 bits per heavy atom. The minimum atomic E-state index is -1.01. The Labute approximate surface area is 134 Å². The van der Waals surface area contributed by atoms with Crippen LogP contribution in [0.5, 0.6) is 0 Å². The number of nitrogens with zero attached hydrogens (tertiary/aromatic N) is 1. The van der Waals surface area contributed by atoms with Crippen molar-refractivity contribution in [2.45, 2.75) is 19.3 Å². The van der Waals surface area contributed by atoms with Crippen molar-refractivity contribution in [3.8, 4) is 0 Å². The Morgan fingerprint density at radius 1 is 1.41 bits per heavy atom. The zero-order valence-electron chi connectivity index (χ0n) is 12.5. The minimum Gasteiger partial charge on any atom is -0.478 e. The van der Waals surface area contributed by atoms with E-state index in [2.05, 4.69) is 0 Å². The van der Waals surface area contributed by atoms with Crippen LogP contribution in [0.4, 0.5) is 0 Å². The van der Waals surface area contributed by atoms with Crippen LogP contribution in [0.25, 0.3) is 0 Å². The molecule has 0 bridgehead atoms. The molecular formula is C16H18ClNO4. The molecule has 0 fully saturated rings. The van der Waals surface area contributed by atoms with Gasteiger partial charge in [0.05, 0.1) is 12.2 Å². The van der Waals surface area contributed by atoms with Gasteiger partial charge in [-0.3, -0.25) is 4.79 Å². The van der Waals surface area contributed by atoms with Crippen LogP contribution in [0, 0.1) is 0 Å². The molecular weight excluding hydrogens is 306 g/mol. The molecule has 0 saturated heterocycles. The number of carboxylic acids is 1. The maximum absolute atomic E-state index is 12.3. The van der Waals surface area contributed by atoms with Gasteiger partial charge in [0.25, 0.3) is 0 Å². The van der Waals surface area contributed by atoms with Crippen molar-refractivity contribution in [3.05, 3.63) is 46.1 Å². The SMILES string of the molecule is COCCN1C(=O)CC(c2ccc(Cl)cc2)C(C(=O)O)=C1C. The summed E-state index contributed by atoms with van der Waals surface area (Å²) in [7, 11) is 1.54.